The van der Waals surface area contributed by atoms with Crippen molar-refractivity contribution in [3.63, 3.8) is 0 Å². The normalized spacial score (nSPS) is 15.8. The van der Waals surface area contributed by atoms with Gasteiger partial charge in [0.15, 0.2) is 0 Å². The van der Waals surface area contributed by atoms with Crippen LogP contribution in [0.5, 0.6) is 0 Å². The number of hydrogen-bond acceptors (Lipinski definition) is 2. The Morgan fingerprint density at radius 2 is 1.33 bits per heavy atom. The summed E-state index contributed by atoms with van der Waals surface area (Å²) in [7, 11) is 0. The standard InChI is InChI=1S/C24H21BrCl2N2O/c25-19-11-9-18(10-12-19)23(17-5-2-1-3-6-17)28-13-15-29(16-14-28)24(30)22-20(26)7-4-8-21(22)27/h1-12,23H,13-16H2. The molecule has 30 heavy (non-hydrogen) atoms. The Labute approximate surface area is 195 Å². The van der Waals surface area contributed by atoms with E-state index in [9.17, 15) is 4.79 Å². The van der Waals surface area contributed by atoms with E-state index in [1.165, 1.54) is 11.1 Å². The first-order chi connectivity index (χ1) is 14.5. The Morgan fingerprint density at radius 1 is 0.767 bits per heavy atom. The number of carbonyl (C=O) groups excluding carboxylic acids is 1. The lowest BCUT2D eigenvalue weighted by molar-refractivity contribution is 0.0597. The Hall–Kier alpha value is -1.85. The van der Waals surface area contributed by atoms with Gasteiger partial charge in [-0.3, -0.25) is 9.69 Å². The maximum atomic E-state index is 13.0. The molecule has 1 heterocycles. The van der Waals surface area contributed by atoms with Gasteiger partial charge >= 0.3 is 0 Å². The molecule has 154 valence electrons. The third-order valence-corrected chi connectivity index (χ3v) is 6.60. The van der Waals surface area contributed by atoms with Crippen molar-refractivity contribution < 1.29 is 4.79 Å². The van der Waals surface area contributed by atoms with Gasteiger partial charge in [0.05, 0.1) is 21.7 Å². The van der Waals surface area contributed by atoms with Gasteiger partial charge in [-0.2, -0.15) is 0 Å². The zero-order valence-electron chi connectivity index (χ0n) is 16.3. The molecular formula is C24H21BrCl2N2O. The Morgan fingerprint density at radius 3 is 1.93 bits per heavy atom. The summed E-state index contributed by atoms with van der Waals surface area (Å²) in [5.74, 6) is -0.106. The van der Waals surface area contributed by atoms with E-state index < -0.39 is 0 Å². The number of benzene rings is 3. The SMILES string of the molecule is O=C(c1c(Cl)cccc1Cl)N1CCN(C(c2ccccc2)c2ccc(Br)cc2)CC1. The highest BCUT2D eigenvalue weighted by atomic mass is 79.9. The second-order valence-corrected chi connectivity index (χ2v) is 9.02. The molecular weight excluding hydrogens is 483 g/mol. The van der Waals surface area contributed by atoms with E-state index >= 15 is 0 Å². The quantitative estimate of drug-likeness (QED) is 0.416. The van der Waals surface area contributed by atoms with E-state index in [4.69, 9.17) is 23.2 Å². The number of piperazine rings is 1. The van der Waals surface area contributed by atoms with Crippen LogP contribution >= 0.6 is 39.1 Å². The van der Waals surface area contributed by atoms with Crippen molar-refractivity contribution in [2.24, 2.45) is 0 Å². The summed E-state index contributed by atoms with van der Waals surface area (Å²) < 4.78 is 1.06. The molecule has 0 aliphatic carbocycles. The zero-order valence-corrected chi connectivity index (χ0v) is 19.4. The van der Waals surface area contributed by atoms with Crippen LogP contribution in [-0.2, 0) is 0 Å². The second kappa shape index (κ2) is 9.52. The number of rotatable bonds is 4. The van der Waals surface area contributed by atoms with E-state index in [1.54, 1.807) is 18.2 Å². The molecule has 1 atom stereocenters. The molecule has 0 spiro atoms. The predicted octanol–water partition coefficient (Wildman–Crippen LogP) is 6.30. The maximum Gasteiger partial charge on any atom is 0.256 e. The van der Waals surface area contributed by atoms with Crippen molar-refractivity contribution in [1.29, 1.82) is 0 Å². The zero-order chi connectivity index (χ0) is 21.1. The molecule has 1 unspecified atom stereocenters. The predicted molar refractivity (Wildman–Crippen MR) is 126 cm³/mol. The summed E-state index contributed by atoms with van der Waals surface area (Å²) in [6.07, 6.45) is 0. The van der Waals surface area contributed by atoms with Gasteiger partial charge in [-0.15, -0.1) is 0 Å². The molecule has 4 rings (SSSR count). The lowest BCUT2D eigenvalue weighted by Crippen LogP contribution is -2.50. The summed E-state index contributed by atoms with van der Waals surface area (Å²) in [5, 5.41) is 0.791. The maximum absolute atomic E-state index is 13.0. The first kappa shape index (κ1) is 21.4. The van der Waals surface area contributed by atoms with E-state index in [1.807, 2.05) is 11.0 Å². The molecule has 1 aliphatic heterocycles. The largest absolute Gasteiger partial charge is 0.336 e. The topological polar surface area (TPSA) is 23.6 Å². The second-order valence-electron chi connectivity index (χ2n) is 7.29. The van der Waals surface area contributed by atoms with Crippen LogP contribution in [0.4, 0.5) is 0 Å². The summed E-state index contributed by atoms with van der Waals surface area (Å²) in [6.45, 7) is 2.79. The van der Waals surface area contributed by atoms with Gasteiger partial charge in [0, 0.05) is 30.7 Å². The lowest BCUT2D eigenvalue weighted by Gasteiger charge is -2.40. The summed E-state index contributed by atoms with van der Waals surface area (Å²) in [6, 6.07) is 24.3. The van der Waals surface area contributed by atoms with Crippen LogP contribution in [0.2, 0.25) is 10.0 Å². The fraction of sp³-hybridized carbons (Fsp3) is 0.208. The minimum atomic E-state index is -0.106. The van der Waals surface area contributed by atoms with Crippen molar-refractivity contribution in [2.75, 3.05) is 26.2 Å². The molecule has 6 heteroatoms. The molecule has 0 radical (unpaired) electrons. The van der Waals surface area contributed by atoms with Crippen LogP contribution in [0.1, 0.15) is 27.5 Å². The van der Waals surface area contributed by atoms with Crippen molar-refractivity contribution in [3.8, 4) is 0 Å². The molecule has 1 amide bonds. The van der Waals surface area contributed by atoms with E-state index in [2.05, 4.69) is 69.4 Å². The van der Waals surface area contributed by atoms with Crippen molar-refractivity contribution in [3.05, 3.63) is 104 Å². The van der Waals surface area contributed by atoms with Crippen molar-refractivity contribution in [2.45, 2.75) is 6.04 Å². The Kier molecular flexibility index (Phi) is 6.79. The number of carbonyl (C=O) groups is 1. The highest BCUT2D eigenvalue weighted by Crippen LogP contribution is 2.31. The van der Waals surface area contributed by atoms with Gasteiger partial charge in [-0.05, 0) is 35.4 Å². The molecule has 0 aromatic heterocycles. The van der Waals surface area contributed by atoms with Crippen LogP contribution in [0, 0.1) is 0 Å². The third-order valence-electron chi connectivity index (χ3n) is 5.44. The highest BCUT2D eigenvalue weighted by Gasteiger charge is 2.29. The Balaban J connectivity index is 1.54. The fourth-order valence-corrected chi connectivity index (χ4v) is 4.76. The van der Waals surface area contributed by atoms with Gasteiger partial charge in [0.25, 0.3) is 5.91 Å². The molecule has 1 aliphatic rings. The first-order valence-electron chi connectivity index (χ1n) is 9.82. The van der Waals surface area contributed by atoms with Crippen LogP contribution in [0.3, 0.4) is 0 Å². The molecule has 3 nitrogen and oxygen atoms in total. The average molecular weight is 504 g/mol. The van der Waals surface area contributed by atoms with Gasteiger partial charge in [0.2, 0.25) is 0 Å². The number of nitrogens with zero attached hydrogens (tertiary/aromatic N) is 2. The summed E-state index contributed by atoms with van der Waals surface area (Å²) in [4.78, 5) is 17.3. The van der Waals surface area contributed by atoms with Gasteiger partial charge < -0.3 is 4.90 Å². The lowest BCUT2D eigenvalue weighted by atomic mass is 9.96. The van der Waals surface area contributed by atoms with Gasteiger partial charge in [-0.25, -0.2) is 0 Å². The molecule has 0 N–H and O–H groups in total. The number of halogens is 3. The monoisotopic (exact) mass is 502 g/mol. The molecule has 0 bridgehead atoms. The van der Waals surface area contributed by atoms with E-state index in [0.29, 0.717) is 28.7 Å². The minimum Gasteiger partial charge on any atom is -0.336 e. The minimum absolute atomic E-state index is 0.106. The van der Waals surface area contributed by atoms with Crippen LogP contribution in [-0.4, -0.2) is 41.9 Å². The Bertz CT molecular complexity index is 999. The molecule has 1 saturated heterocycles. The third kappa shape index (κ3) is 4.57. The van der Waals surface area contributed by atoms with Crippen molar-refractivity contribution >= 4 is 45.0 Å². The van der Waals surface area contributed by atoms with Crippen LogP contribution < -0.4 is 0 Å². The average Bonchev–Trinajstić information content (AvgIpc) is 2.76. The van der Waals surface area contributed by atoms with Gasteiger partial charge in [0.1, 0.15) is 0 Å². The molecule has 1 fully saturated rings. The fourth-order valence-electron chi connectivity index (χ4n) is 3.94. The summed E-state index contributed by atoms with van der Waals surface area (Å²) in [5.41, 5.74) is 2.87. The van der Waals surface area contributed by atoms with Crippen LogP contribution in [0.25, 0.3) is 0 Å². The first-order valence-corrected chi connectivity index (χ1v) is 11.4. The smallest absolute Gasteiger partial charge is 0.256 e. The number of amides is 1. The van der Waals surface area contributed by atoms with Crippen LogP contribution in [0.15, 0.2) is 77.3 Å². The van der Waals surface area contributed by atoms with Crippen molar-refractivity contribution in [1.82, 2.24) is 9.80 Å². The molecule has 0 saturated carbocycles. The summed E-state index contributed by atoms with van der Waals surface area (Å²) >= 11 is 16.0. The van der Waals surface area contributed by atoms with E-state index in [-0.39, 0.29) is 11.9 Å². The van der Waals surface area contributed by atoms with Gasteiger partial charge in [-0.1, -0.05) is 87.7 Å². The number of hydrogen-bond donors (Lipinski definition) is 0. The molecule has 3 aromatic carbocycles. The highest BCUT2D eigenvalue weighted by molar-refractivity contribution is 9.10. The molecule has 3 aromatic rings. The van der Waals surface area contributed by atoms with E-state index in [0.717, 1.165) is 17.6 Å².